The molecule has 0 aromatic heterocycles. The zero-order valence-corrected chi connectivity index (χ0v) is 13.2. The lowest BCUT2D eigenvalue weighted by Crippen LogP contribution is -1.93. The van der Waals surface area contributed by atoms with Crippen LogP contribution in [0.2, 0.25) is 0 Å². The van der Waals surface area contributed by atoms with E-state index in [-0.39, 0.29) is 0 Å². The number of allylic oxidation sites excluding steroid dienone is 4. The first-order valence-electron chi connectivity index (χ1n) is 8.30. The van der Waals surface area contributed by atoms with E-state index in [1.807, 2.05) is 0 Å². The number of unbranched alkanes of at least 4 members (excludes halogenated alkanes) is 9. The van der Waals surface area contributed by atoms with E-state index < -0.39 is 5.97 Å². The Morgan fingerprint density at radius 1 is 0.800 bits per heavy atom. The quantitative estimate of drug-likeness (QED) is 0.318. The van der Waals surface area contributed by atoms with Crippen LogP contribution in [0.1, 0.15) is 84.0 Å². The molecule has 0 rings (SSSR count). The molecular weight excluding hydrogens is 248 g/mol. The monoisotopic (exact) mass is 280 g/mol. The first-order chi connectivity index (χ1) is 9.77. The van der Waals surface area contributed by atoms with Crippen molar-refractivity contribution in [3.8, 4) is 0 Å². The SMILES string of the molecule is CCCCCCCC/C=C/C=C\CCCCCC(=O)O. The Balaban J connectivity index is 3.21. The molecular formula is C18H32O2. The number of aliphatic carboxylic acids is 1. The van der Waals surface area contributed by atoms with Crippen LogP contribution >= 0.6 is 0 Å². The molecule has 2 heteroatoms. The molecule has 0 aliphatic heterocycles. The highest BCUT2D eigenvalue weighted by Gasteiger charge is 1.94. The minimum Gasteiger partial charge on any atom is -0.481 e. The minimum absolute atomic E-state index is 0.307. The second-order valence-electron chi connectivity index (χ2n) is 5.41. The average Bonchev–Trinajstić information content (AvgIpc) is 2.43. The summed E-state index contributed by atoms with van der Waals surface area (Å²) in [6.45, 7) is 2.25. The fourth-order valence-corrected chi connectivity index (χ4v) is 2.11. The van der Waals surface area contributed by atoms with Crippen molar-refractivity contribution >= 4 is 5.97 Å². The van der Waals surface area contributed by atoms with Crippen molar-refractivity contribution in [3.63, 3.8) is 0 Å². The van der Waals surface area contributed by atoms with Crippen LogP contribution in [0.5, 0.6) is 0 Å². The van der Waals surface area contributed by atoms with Gasteiger partial charge < -0.3 is 5.11 Å². The zero-order valence-electron chi connectivity index (χ0n) is 13.2. The van der Waals surface area contributed by atoms with Gasteiger partial charge in [-0.05, 0) is 32.1 Å². The normalized spacial score (nSPS) is 11.7. The van der Waals surface area contributed by atoms with E-state index in [9.17, 15) is 4.79 Å². The summed E-state index contributed by atoms with van der Waals surface area (Å²) in [5, 5.41) is 8.49. The molecule has 0 radical (unpaired) electrons. The summed E-state index contributed by atoms with van der Waals surface area (Å²) in [5.74, 6) is -0.682. The van der Waals surface area contributed by atoms with Crippen molar-refractivity contribution in [2.24, 2.45) is 0 Å². The Morgan fingerprint density at radius 2 is 1.30 bits per heavy atom. The van der Waals surface area contributed by atoms with Gasteiger partial charge in [0.25, 0.3) is 0 Å². The summed E-state index contributed by atoms with van der Waals surface area (Å²) in [6, 6.07) is 0. The molecule has 0 bridgehead atoms. The molecule has 0 aromatic rings. The standard InChI is InChI=1S/C18H32O2/c1-2-3-4-5-6-7-8-9-10-11-12-13-14-15-16-17-18(19)20/h9-12H,2-8,13-17H2,1H3,(H,19,20)/b10-9+,12-11-. The number of carbonyl (C=O) groups is 1. The largest absolute Gasteiger partial charge is 0.481 e. The summed E-state index contributed by atoms with van der Waals surface area (Å²) in [4.78, 5) is 10.3. The molecule has 0 amide bonds. The average molecular weight is 280 g/mol. The topological polar surface area (TPSA) is 37.3 Å². The van der Waals surface area contributed by atoms with Crippen LogP contribution in [0.4, 0.5) is 0 Å². The van der Waals surface area contributed by atoms with Crippen LogP contribution in [0, 0.1) is 0 Å². The summed E-state index contributed by atoms with van der Waals surface area (Å²) in [5.41, 5.74) is 0. The fourth-order valence-electron chi connectivity index (χ4n) is 2.11. The van der Waals surface area contributed by atoms with Crippen molar-refractivity contribution in [2.75, 3.05) is 0 Å². The molecule has 1 N–H and O–H groups in total. The first kappa shape index (κ1) is 18.9. The van der Waals surface area contributed by atoms with Crippen LogP contribution in [-0.2, 0) is 4.79 Å². The Morgan fingerprint density at radius 3 is 1.85 bits per heavy atom. The van der Waals surface area contributed by atoms with Crippen molar-refractivity contribution in [3.05, 3.63) is 24.3 Å². The molecule has 0 aromatic carbocycles. The minimum atomic E-state index is -0.682. The van der Waals surface area contributed by atoms with Gasteiger partial charge in [-0.3, -0.25) is 4.79 Å². The Bertz CT molecular complexity index is 267. The van der Waals surface area contributed by atoms with E-state index in [2.05, 4.69) is 31.2 Å². The van der Waals surface area contributed by atoms with Gasteiger partial charge in [0, 0.05) is 6.42 Å². The highest BCUT2D eigenvalue weighted by atomic mass is 16.4. The lowest BCUT2D eigenvalue weighted by molar-refractivity contribution is -0.137. The third-order valence-corrected chi connectivity index (χ3v) is 3.37. The molecule has 0 aliphatic rings. The highest BCUT2D eigenvalue weighted by Crippen LogP contribution is 2.07. The third kappa shape index (κ3) is 16.9. The van der Waals surface area contributed by atoms with Crippen molar-refractivity contribution in [2.45, 2.75) is 84.0 Å². The van der Waals surface area contributed by atoms with E-state index in [0.717, 1.165) is 25.7 Å². The second-order valence-corrected chi connectivity index (χ2v) is 5.41. The van der Waals surface area contributed by atoms with E-state index in [1.54, 1.807) is 0 Å². The van der Waals surface area contributed by atoms with E-state index in [4.69, 9.17) is 5.11 Å². The van der Waals surface area contributed by atoms with Gasteiger partial charge in [-0.25, -0.2) is 0 Å². The van der Waals surface area contributed by atoms with Crippen LogP contribution in [0.3, 0.4) is 0 Å². The molecule has 20 heavy (non-hydrogen) atoms. The van der Waals surface area contributed by atoms with Crippen LogP contribution in [-0.4, -0.2) is 11.1 Å². The summed E-state index contributed by atoms with van der Waals surface area (Å²) >= 11 is 0. The van der Waals surface area contributed by atoms with Gasteiger partial charge in [0.15, 0.2) is 0 Å². The summed E-state index contributed by atoms with van der Waals surface area (Å²) in [6.07, 6.45) is 22.3. The predicted molar refractivity (Wildman–Crippen MR) is 87.0 cm³/mol. The van der Waals surface area contributed by atoms with Crippen molar-refractivity contribution in [1.82, 2.24) is 0 Å². The Labute approximate surface area is 125 Å². The van der Waals surface area contributed by atoms with Gasteiger partial charge >= 0.3 is 5.97 Å². The lowest BCUT2D eigenvalue weighted by atomic mass is 10.1. The third-order valence-electron chi connectivity index (χ3n) is 3.37. The van der Waals surface area contributed by atoms with Gasteiger partial charge in [-0.15, -0.1) is 0 Å². The second kappa shape index (κ2) is 16.0. The summed E-state index contributed by atoms with van der Waals surface area (Å²) in [7, 11) is 0. The molecule has 0 saturated carbocycles. The summed E-state index contributed by atoms with van der Waals surface area (Å²) < 4.78 is 0. The van der Waals surface area contributed by atoms with Crippen molar-refractivity contribution in [1.29, 1.82) is 0 Å². The van der Waals surface area contributed by atoms with Gasteiger partial charge in [0.1, 0.15) is 0 Å². The maximum absolute atomic E-state index is 10.3. The molecule has 116 valence electrons. The van der Waals surface area contributed by atoms with Gasteiger partial charge in [-0.2, -0.15) is 0 Å². The van der Waals surface area contributed by atoms with Crippen LogP contribution in [0.25, 0.3) is 0 Å². The maximum atomic E-state index is 10.3. The molecule has 0 heterocycles. The number of hydrogen-bond acceptors (Lipinski definition) is 1. The zero-order chi connectivity index (χ0) is 14.9. The van der Waals surface area contributed by atoms with Gasteiger partial charge in [0.05, 0.1) is 0 Å². The number of carboxylic acids is 1. The Hall–Kier alpha value is -1.05. The van der Waals surface area contributed by atoms with Gasteiger partial charge in [0.2, 0.25) is 0 Å². The van der Waals surface area contributed by atoms with E-state index >= 15 is 0 Å². The number of rotatable bonds is 14. The number of carboxylic acid groups (broad SMARTS) is 1. The Kier molecular flexibility index (Phi) is 15.2. The fraction of sp³-hybridized carbons (Fsp3) is 0.722. The van der Waals surface area contributed by atoms with E-state index in [0.29, 0.717) is 6.42 Å². The lowest BCUT2D eigenvalue weighted by Gasteiger charge is -1.97. The van der Waals surface area contributed by atoms with E-state index in [1.165, 1.54) is 44.9 Å². The smallest absolute Gasteiger partial charge is 0.303 e. The molecule has 0 fully saturated rings. The van der Waals surface area contributed by atoms with Gasteiger partial charge in [-0.1, -0.05) is 69.8 Å². The molecule has 0 spiro atoms. The van der Waals surface area contributed by atoms with Crippen LogP contribution < -0.4 is 0 Å². The molecule has 0 unspecified atom stereocenters. The molecule has 0 saturated heterocycles. The predicted octanol–water partition coefficient (Wildman–Crippen LogP) is 5.88. The van der Waals surface area contributed by atoms with Crippen molar-refractivity contribution < 1.29 is 9.90 Å². The molecule has 0 aliphatic carbocycles. The molecule has 0 atom stereocenters. The maximum Gasteiger partial charge on any atom is 0.303 e. The first-order valence-corrected chi connectivity index (χ1v) is 8.30. The molecule has 2 nitrogen and oxygen atoms in total. The van der Waals surface area contributed by atoms with Crippen LogP contribution in [0.15, 0.2) is 24.3 Å². The highest BCUT2D eigenvalue weighted by molar-refractivity contribution is 5.66. The number of hydrogen-bond donors (Lipinski definition) is 1.